The first-order chi connectivity index (χ1) is 11.8. The van der Waals surface area contributed by atoms with E-state index >= 15 is 0 Å². The fourth-order valence-electron chi connectivity index (χ4n) is 3.22. The number of nitrogens with zero attached hydrogens (tertiary/aromatic N) is 1. The van der Waals surface area contributed by atoms with E-state index in [2.05, 4.69) is 5.32 Å². The van der Waals surface area contributed by atoms with Crippen LogP contribution >= 0.6 is 0 Å². The second-order valence-electron chi connectivity index (χ2n) is 6.34. The number of hydrogen-bond acceptors (Lipinski definition) is 3. The fourth-order valence-corrected chi connectivity index (χ4v) is 3.22. The topological polar surface area (TPSA) is 72.8 Å². The molecule has 5 nitrogen and oxygen atoms in total. The Morgan fingerprint density at radius 1 is 1.20 bits per heavy atom. The molecule has 1 fully saturated rings. The molecular formula is C17H23F3N2O3. The van der Waals surface area contributed by atoms with E-state index in [0.717, 1.165) is 5.56 Å². The molecule has 0 radical (unpaired) electrons. The van der Waals surface area contributed by atoms with Gasteiger partial charge in [0.25, 0.3) is 0 Å². The maximum atomic E-state index is 12.7. The Bertz CT molecular complexity index is 546. The van der Waals surface area contributed by atoms with Crippen molar-refractivity contribution in [1.82, 2.24) is 10.2 Å². The van der Waals surface area contributed by atoms with E-state index < -0.39 is 24.9 Å². The van der Waals surface area contributed by atoms with Gasteiger partial charge in [-0.2, -0.15) is 13.2 Å². The molecule has 0 heterocycles. The summed E-state index contributed by atoms with van der Waals surface area (Å²) < 4.78 is 38.2. The second-order valence-corrected chi connectivity index (χ2v) is 6.34. The lowest BCUT2D eigenvalue weighted by atomic mass is 9.89. The van der Waals surface area contributed by atoms with Crippen molar-refractivity contribution < 1.29 is 28.2 Å². The highest BCUT2D eigenvalue weighted by Gasteiger charge is 2.41. The van der Waals surface area contributed by atoms with E-state index in [-0.39, 0.29) is 18.6 Å². The van der Waals surface area contributed by atoms with E-state index in [1.54, 1.807) is 0 Å². The Kier molecular flexibility index (Phi) is 6.66. The van der Waals surface area contributed by atoms with Crippen LogP contribution in [0.3, 0.4) is 0 Å². The largest absolute Gasteiger partial charge is 0.465 e. The van der Waals surface area contributed by atoms with E-state index in [0.29, 0.717) is 25.7 Å². The molecule has 0 spiro atoms. The van der Waals surface area contributed by atoms with Gasteiger partial charge in [0.2, 0.25) is 0 Å². The molecule has 0 aromatic heterocycles. The summed E-state index contributed by atoms with van der Waals surface area (Å²) in [5.74, 6) is 0. The van der Waals surface area contributed by atoms with Crippen molar-refractivity contribution >= 4 is 6.09 Å². The number of nitrogens with one attached hydrogen (secondary N) is 1. The third-order valence-electron chi connectivity index (χ3n) is 4.59. The molecule has 2 rings (SSSR count). The molecule has 1 aromatic carbocycles. The summed E-state index contributed by atoms with van der Waals surface area (Å²) in [5.41, 5.74) is 0.877. The number of amides is 1. The average molecular weight is 360 g/mol. The van der Waals surface area contributed by atoms with Crippen LogP contribution in [0.5, 0.6) is 0 Å². The minimum absolute atomic E-state index is 0.214. The molecule has 0 bridgehead atoms. The van der Waals surface area contributed by atoms with Gasteiger partial charge in [-0.1, -0.05) is 30.3 Å². The fraction of sp³-hybridized carbons (Fsp3) is 0.588. The van der Waals surface area contributed by atoms with Crippen LogP contribution in [0.15, 0.2) is 30.3 Å². The molecule has 1 aliphatic rings. The molecule has 140 valence electrons. The number of benzene rings is 1. The van der Waals surface area contributed by atoms with E-state index in [1.165, 1.54) is 4.90 Å². The van der Waals surface area contributed by atoms with Crippen LogP contribution < -0.4 is 5.32 Å². The summed E-state index contributed by atoms with van der Waals surface area (Å²) in [5, 5.41) is 20.8. The maximum absolute atomic E-state index is 12.7. The Balaban J connectivity index is 1.91. The molecule has 1 atom stereocenters. The number of carboxylic acid groups (broad SMARTS) is 1. The smallest absolute Gasteiger partial charge is 0.407 e. The predicted octanol–water partition coefficient (Wildman–Crippen LogP) is 2.99. The summed E-state index contributed by atoms with van der Waals surface area (Å²) >= 11 is 0. The SMILES string of the molecule is O=C(O)N(Cc1ccccc1)C1CCC(N[C@H](CO)C(F)(F)F)CC1. The zero-order valence-corrected chi connectivity index (χ0v) is 13.7. The predicted molar refractivity (Wildman–Crippen MR) is 86.1 cm³/mol. The summed E-state index contributed by atoms with van der Waals surface area (Å²) in [6.45, 7) is -0.737. The first kappa shape index (κ1) is 19.5. The van der Waals surface area contributed by atoms with Gasteiger partial charge < -0.3 is 20.4 Å². The maximum Gasteiger partial charge on any atom is 0.407 e. The van der Waals surface area contributed by atoms with Crippen molar-refractivity contribution in [3.05, 3.63) is 35.9 Å². The summed E-state index contributed by atoms with van der Waals surface area (Å²) in [6.07, 6.45) is -3.65. The normalized spacial score (nSPS) is 22.4. The third kappa shape index (κ3) is 5.61. The molecule has 1 amide bonds. The van der Waals surface area contributed by atoms with Gasteiger partial charge >= 0.3 is 12.3 Å². The van der Waals surface area contributed by atoms with Crippen molar-refractivity contribution in [2.45, 2.75) is 56.5 Å². The van der Waals surface area contributed by atoms with Crippen LogP contribution in [0.4, 0.5) is 18.0 Å². The minimum Gasteiger partial charge on any atom is -0.465 e. The highest BCUT2D eigenvalue weighted by atomic mass is 19.4. The first-order valence-electron chi connectivity index (χ1n) is 8.28. The molecule has 3 N–H and O–H groups in total. The van der Waals surface area contributed by atoms with E-state index in [1.807, 2.05) is 30.3 Å². The molecule has 8 heteroatoms. The summed E-state index contributed by atoms with van der Waals surface area (Å²) in [6, 6.07) is 6.69. The molecule has 25 heavy (non-hydrogen) atoms. The standard InChI is InChI=1S/C17H23F3N2O3/c18-17(19,20)15(11-23)21-13-6-8-14(9-7-13)22(16(24)25)10-12-4-2-1-3-5-12/h1-5,13-15,21,23H,6-11H2,(H,24,25)/t13?,14?,15-/m1/s1. The van der Waals surface area contributed by atoms with Crippen LogP contribution in [0.25, 0.3) is 0 Å². The van der Waals surface area contributed by atoms with Gasteiger partial charge in [-0.15, -0.1) is 0 Å². The number of aliphatic hydroxyl groups is 1. The lowest BCUT2D eigenvalue weighted by Gasteiger charge is -2.37. The number of halogens is 3. The summed E-state index contributed by atoms with van der Waals surface area (Å²) in [7, 11) is 0. The number of carbonyl (C=O) groups is 1. The van der Waals surface area contributed by atoms with Gasteiger partial charge in [0.05, 0.1) is 6.61 Å². The van der Waals surface area contributed by atoms with Gasteiger partial charge in [0.1, 0.15) is 6.04 Å². The Labute approximate surface area is 144 Å². The minimum atomic E-state index is -4.49. The van der Waals surface area contributed by atoms with Crippen molar-refractivity contribution in [1.29, 1.82) is 0 Å². The van der Waals surface area contributed by atoms with E-state index in [9.17, 15) is 23.1 Å². The molecule has 0 unspecified atom stereocenters. The van der Waals surface area contributed by atoms with Crippen molar-refractivity contribution in [2.24, 2.45) is 0 Å². The number of alkyl halides is 3. The van der Waals surface area contributed by atoms with Crippen LogP contribution in [-0.2, 0) is 6.54 Å². The number of aliphatic hydroxyl groups excluding tert-OH is 1. The van der Waals surface area contributed by atoms with Crippen LogP contribution in [0.1, 0.15) is 31.2 Å². The summed E-state index contributed by atoms with van der Waals surface area (Å²) in [4.78, 5) is 12.9. The van der Waals surface area contributed by atoms with Gasteiger partial charge in [-0.05, 0) is 31.2 Å². The van der Waals surface area contributed by atoms with Crippen LogP contribution in [-0.4, -0.2) is 52.1 Å². The van der Waals surface area contributed by atoms with E-state index in [4.69, 9.17) is 5.11 Å². The Morgan fingerprint density at radius 3 is 2.28 bits per heavy atom. The molecule has 0 saturated heterocycles. The molecule has 1 aliphatic carbocycles. The highest BCUT2D eigenvalue weighted by molar-refractivity contribution is 5.65. The Morgan fingerprint density at radius 2 is 1.80 bits per heavy atom. The van der Waals surface area contributed by atoms with Crippen LogP contribution in [0.2, 0.25) is 0 Å². The lowest BCUT2D eigenvalue weighted by Crippen LogP contribution is -2.52. The van der Waals surface area contributed by atoms with Gasteiger partial charge in [0, 0.05) is 18.6 Å². The zero-order valence-electron chi connectivity index (χ0n) is 13.7. The van der Waals surface area contributed by atoms with Crippen molar-refractivity contribution in [2.75, 3.05) is 6.61 Å². The number of rotatable bonds is 6. The van der Waals surface area contributed by atoms with Crippen molar-refractivity contribution in [3.8, 4) is 0 Å². The highest BCUT2D eigenvalue weighted by Crippen LogP contribution is 2.27. The quantitative estimate of drug-likeness (QED) is 0.729. The molecule has 1 aromatic rings. The number of hydrogen-bond donors (Lipinski definition) is 3. The first-order valence-corrected chi connectivity index (χ1v) is 8.28. The van der Waals surface area contributed by atoms with Crippen molar-refractivity contribution in [3.63, 3.8) is 0 Å². The Hall–Kier alpha value is -1.80. The third-order valence-corrected chi connectivity index (χ3v) is 4.59. The zero-order chi connectivity index (χ0) is 18.4. The van der Waals surface area contributed by atoms with Crippen LogP contribution in [0, 0.1) is 0 Å². The second kappa shape index (κ2) is 8.53. The monoisotopic (exact) mass is 360 g/mol. The van der Waals surface area contributed by atoms with Gasteiger partial charge in [-0.3, -0.25) is 0 Å². The molecular weight excluding hydrogens is 337 g/mol. The van der Waals surface area contributed by atoms with Gasteiger partial charge in [-0.25, -0.2) is 4.79 Å². The molecule has 0 aliphatic heterocycles. The molecule has 1 saturated carbocycles. The van der Waals surface area contributed by atoms with Gasteiger partial charge in [0.15, 0.2) is 0 Å². The lowest BCUT2D eigenvalue weighted by molar-refractivity contribution is -0.166. The average Bonchev–Trinajstić information content (AvgIpc) is 2.58.